The number of hydrogen-bond acceptors (Lipinski definition) is 5. The largest absolute Gasteiger partial charge is 0.462 e. The first kappa shape index (κ1) is 21.2. The summed E-state index contributed by atoms with van der Waals surface area (Å²) in [5.74, 6) is -0.325. The van der Waals surface area contributed by atoms with Crippen molar-refractivity contribution in [1.29, 1.82) is 0 Å². The summed E-state index contributed by atoms with van der Waals surface area (Å²) in [6.07, 6.45) is -1.85. The minimum atomic E-state index is -4.55. The molecule has 0 spiro atoms. The predicted molar refractivity (Wildman–Crippen MR) is 102 cm³/mol. The molecule has 1 aliphatic rings. The zero-order valence-electron chi connectivity index (χ0n) is 15.0. The summed E-state index contributed by atoms with van der Waals surface area (Å²) in [5.41, 5.74) is -0.327. The van der Waals surface area contributed by atoms with Crippen LogP contribution in [0.2, 0.25) is 0 Å². The highest BCUT2D eigenvalue weighted by Gasteiger charge is 2.36. The fourth-order valence-electron chi connectivity index (χ4n) is 2.48. The Balaban J connectivity index is 1.87. The van der Waals surface area contributed by atoms with Crippen LogP contribution < -0.4 is 0 Å². The van der Waals surface area contributed by atoms with Gasteiger partial charge in [-0.05, 0) is 38.8 Å². The van der Waals surface area contributed by atoms with E-state index in [9.17, 15) is 18.0 Å². The van der Waals surface area contributed by atoms with Crippen LogP contribution in [0.4, 0.5) is 13.2 Å². The van der Waals surface area contributed by atoms with Crippen LogP contribution in [-0.4, -0.2) is 36.6 Å². The van der Waals surface area contributed by atoms with E-state index in [0.717, 1.165) is 18.9 Å². The molecule has 0 aliphatic heterocycles. The Morgan fingerprint density at radius 1 is 1.29 bits per heavy atom. The second-order valence-corrected chi connectivity index (χ2v) is 8.67. The normalized spacial score (nSPS) is 16.9. The lowest BCUT2D eigenvalue weighted by Gasteiger charge is -2.17. The number of alkyl halides is 5. The lowest BCUT2D eigenvalue weighted by molar-refractivity contribution is -0.146. The Bertz CT molecular complexity index is 868. The average Bonchev–Trinajstić information content (AvgIpc) is 3.35. The smallest absolute Gasteiger partial charge is 0.433 e. The maximum atomic E-state index is 13.2. The summed E-state index contributed by atoms with van der Waals surface area (Å²) in [7, 11) is 0. The van der Waals surface area contributed by atoms with Gasteiger partial charge in [0.05, 0.1) is 6.10 Å². The molecule has 3 rings (SSSR count). The van der Waals surface area contributed by atoms with Crippen molar-refractivity contribution in [3.05, 3.63) is 29.8 Å². The van der Waals surface area contributed by atoms with Gasteiger partial charge < -0.3 is 4.74 Å². The van der Waals surface area contributed by atoms with E-state index >= 15 is 0 Å². The van der Waals surface area contributed by atoms with E-state index in [1.165, 1.54) is 11.0 Å². The Morgan fingerprint density at radius 3 is 2.54 bits per heavy atom. The Hall–Kier alpha value is -1.49. The highest BCUT2D eigenvalue weighted by atomic mass is 79.9. The summed E-state index contributed by atoms with van der Waals surface area (Å²) in [4.78, 5) is 18.5. The van der Waals surface area contributed by atoms with Gasteiger partial charge in [0.15, 0.2) is 5.82 Å². The van der Waals surface area contributed by atoms with Crippen LogP contribution >= 0.6 is 31.9 Å². The molecule has 1 saturated carbocycles. The number of halogens is 5. The Morgan fingerprint density at radius 2 is 1.96 bits per heavy atom. The lowest BCUT2D eigenvalue weighted by atomic mass is 10.1. The Kier molecular flexibility index (Phi) is 6.14. The van der Waals surface area contributed by atoms with Crippen molar-refractivity contribution >= 4 is 37.8 Å². The van der Waals surface area contributed by atoms with Crippen LogP contribution in [0.5, 0.6) is 0 Å². The molecule has 0 saturated heterocycles. The summed E-state index contributed by atoms with van der Waals surface area (Å²) in [6, 6.07) is 2.53. The van der Waals surface area contributed by atoms with E-state index in [4.69, 9.17) is 4.74 Å². The van der Waals surface area contributed by atoms with Gasteiger partial charge in [-0.1, -0.05) is 31.9 Å². The van der Waals surface area contributed by atoms with E-state index in [2.05, 4.69) is 46.9 Å². The van der Waals surface area contributed by atoms with Gasteiger partial charge in [-0.25, -0.2) is 14.6 Å². The molecule has 2 atom stereocenters. The number of hydrogen-bond donors (Lipinski definition) is 0. The molecule has 0 bridgehead atoms. The van der Waals surface area contributed by atoms with Crippen LogP contribution in [0, 0.1) is 0 Å². The minimum absolute atomic E-state index is 0.0461. The molecule has 11 heteroatoms. The molecule has 1 aliphatic carbocycles. The SMILES string of the molecule is CC(C)OC(=O)C(Br)C(Br)n1cnc(-c2cc(C3CC3)nc(C(F)(F)F)c2)n1. The average molecular weight is 526 g/mol. The number of rotatable bonds is 6. The van der Waals surface area contributed by atoms with Gasteiger partial charge in [-0.15, -0.1) is 5.10 Å². The number of aromatic nitrogens is 4. The number of carbonyl (C=O) groups excluding carboxylic acids is 1. The molecule has 152 valence electrons. The molecule has 2 unspecified atom stereocenters. The molecule has 28 heavy (non-hydrogen) atoms. The minimum Gasteiger partial charge on any atom is -0.462 e. The van der Waals surface area contributed by atoms with Crippen LogP contribution in [0.15, 0.2) is 18.5 Å². The quantitative estimate of drug-likeness (QED) is 0.398. The van der Waals surface area contributed by atoms with E-state index < -0.39 is 27.6 Å². The van der Waals surface area contributed by atoms with E-state index in [1.54, 1.807) is 19.9 Å². The molecule has 0 amide bonds. The van der Waals surface area contributed by atoms with Gasteiger partial charge >= 0.3 is 12.1 Å². The first-order chi connectivity index (χ1) is 13.1. The third-order valence-corrected chi connectivity index (χ3v) is 6.50. The fraction of sp³-hybridized carbons (Fsp3) is 0.529. The number of pyridine rings is 1. The van der Waals surface area contributed by atoms with Crippen molar-refractivity contribution in [2.45, 2.75) is 54.7 Å². The predicted octanol–water partition coefficient (Wildman–Crippen LogP) is 4.84. The molecular weight excluding hydrogens is 509 g/mol. The molecule has 6 nitrogen and oxygen atoms in total. The van der Waals surface area contributed by atoms with Crippen molar-refractivity contribution in [1.82, 2.24) is 19.7 Å². The lowest BCUT2D eigenvalue weighted by Crippen LogP contribution is -2.27. The first-order valence-corrected chi connectivity index (χ1v) is 10.4. The number of carbonyl (C=O) groups is 1. The second-order valence-electron chi connectivity index (χ2n) is 6.75. The standard InChI is InChI=1S/C17H17Br2F3N4O2/c1-8(2)28-16(27)13(18)14(19)26-7-23-15(25-26)10-5-11(9-3-4-9)24-12(6-10)17(20,21)22/h5-9,13-14H,3-4H2,1-2H3. The highest BCUT2D eigenvalue weighted by molar-refractivity contribution is 9.12. The van der Waals surface area contributed by atoms with Gasteiger partial charge in [0.25, 0.3) is 0 Å². The summed E-state index contributed by atoms with van der Waals surface area (Å²) < 4.78 is 46.1. The van der Waals surface area contributed by atoms with Gasteiger partial charge in [0, 0.05) is 17.2 Å². The summed E-state index contributed by atoms with van der Waals surface area (Å²) in [6.45, 7) is 3.46. The van der Waals surface area contributed by atoms with Crippen molar-refractivity contribution in [2.75, 3.05) is 0 Å². The monoisotopic (exact) mass is 524 g/mol. The second kappa shape index (κ2) is 8.10. The zero-order valence-corrected chi connectivity index (χ0v) is 18.1. The van der Waals surface area contributed by atoms with E-state index in [1.807, 2.05) is 0 Å². The molecule has 1 fully saturated rings. The Labute approximate surface area is 176 Å². The molecule has 0 N–H and O–H groups in total. The topological polar surface area (TPSA) is 69.9 Å². The molecule has 2 aromatic rings. The van der Waals surface area contributed by atoms with E-state index in [-0.39, 0.29) is 23.4 Å². The first-order valence-electron chi connectivity index (χ1n) is 8.55. The van der Waals surface area contributed by atoms with Gasteiger partial charge in [0.2, 0.25) is 0 Å². The van der Waals surface area contributed by atoms with Crippen molar-refractivity contribution in [3.63, 3.8) is 0 Å². The zero-order chi connectivity index (χ0) is 20.6. The fourth-order valence-corrected chi connectivity index (χ4v) is 3.25. The van der Waals surface area contributed by atoms with Gasteiger partial charge in [-0.3, -0.25) is 4.79 Å². The maximum absolute atomic E-state index is 13.2. The van der Waals surface area contributed by atoms with Crippen LogP contribution in [-0.2, 0) is 15.7 Å². The van der Waals surface area contributed by atoms with Gasteiger partial charge in [0.1, 0.15) is 21.8 Å². The molecule has 0 radical (unpaired) electrons. The van der Waals surface area contributed by atoms with Crippen LogP contribution in [0.1, 0.15) is 48.9 Å². The molecule has 0 aromatic carbocycles. The third-order valence-electron chi connectivity index (χ3n) is 3.97. The van der Waals surface area contributed by atoms with E-state index in [0.29, 0.717) is 5.69 Å². The van der Waals surface area contributed by atoms with Crippen molar-refractivity contribution in [3.8, 4) is 11.4 Å². The molecule has 2 aromatic heterocycles. The number of nitrogens with zero attached hydrogens (tertiary/aromatic N) is 4. The third kappa shape index (κ3) is 4.91. The molecular formula is C17H17Br2F3N4O2. The maximum Gasteiger partial charge on any atom is 0.433 e. The summed E-state index contributed by atoms with van der Waals surface area (Å²) >= 11 is 6.59. The summed E-state index contributed by atoms with van der Waals surface area (Å²) in [5, 5.41) is 4.23. The molecule has 2 heterocycles. The van der Waals surface area contributed by atoms with Crippen LogP contribution in [0.25, 0.3) is 11.4 Å². The van der Waals surface area contributed by atoms with Gasteiger partial charge in [-0.2, -0.15) is 13.2 Å². The number of esters is 1. The van der Waals surface area contributed by atoms with Crippen molar-refractivity contribution < 1.29 is 22.7 Å². The highest BCUT2D eigenvalue weighted by Crippen LogP contribution is 2.41. The van der Waals surface area contributed by atoms with Crippen LogP contribution in [0.3, 0.4) is 0 Å². The van der Waals surface area contributed by atoms with Crippen molar-refractivity contribution in [2.24, 2.45) is 0 Å². The number of ether oxygens (including phenoxy) is 1.